The third kappa shape index (κ3) is 17.4. The molecule has 0 N–H and O–H groups in total. The van der Waals surface area contributed by atoms with Crippen molar-refractivity contribution in [2.24, 2.45) is 11.8 Å². The average molecular weight is 367 g/mol. The minimum absolute atomic E-state index is 1.00. The molecule has 0 aliphatic carbocycles. The van der Waals surface area contributed by atoms with Crippen molar-refractivity contribution < 1.29 is 0 Å². The normalized spacial score (nSPS) is 13.8. The molecule has 0 aliphatic heterocycles. The van der Waals surface area contributed by atoms with Crippen molar-refractivity contribution in [1.29, 1.82) is 0 Å². The van der Waals surface area contributed by atoms with Crippen molar-refractivity contribution >= 4 is 0 Å². The van der Waals surface area contributed by atoms with Gasteiger partial charge in [0.25, 0.3) is 0 Å². The summed E-state index contributed by atoms with van der Waals surface area (Å²) < 4.78 is 0. The molecule has 0 heterocycles. The van der Waals surface area contributed by atoms with Gasteiger partial charge in [0.2, 0.25) is 0 Å². The molecule has 0 spiro atoms. The first-order valence-corrected chi connectivity index (χ1v) is 12.8. The summed E-state index contributed by atoms with van der Waals surface area (Å²) in [6.07, 6.45) is 29.2. The van der Waals surface area contributed by atoms with Crippen molar-refractivity contribution in [3.8, 4) is 0 Å². The summed E-state index contributed by atoms with van der Waals surface area (Å²) in [4.78, 5) is 0. The molecule has 0 heteroatoms. The first-order valence-electron chi connectivity index (χ1n) is 12.8. The van der Waals surface area contributed by atoms with Crippen molar-refractivity contribution in [2.45, 2.75) is 156 Å². The molecule has 2 unspecified atom stereocenters. The molecule has 0 saturated carbocycles. The van der Waals surface area contributed by atoms with Crippen LogP contribution in [0.25, 0.3) is 0 Å². The van der Waals surface area contributed by atoms with Gasteiger partial charge in [0.05, 0.1) is 0 Å². The maximum absolute atomic E-state index is 2.42. The highest BCUT2D eigenvalue weighted by molar-refractivity contribution is 4.65. The topological polar surface area (TPSA) is 0 Å². The minimum Gasteiger partial charge on any atom is -0.0654 e. The van der Waals surface area contributed by atoms with Gasteiger partial charge in [0.15, 0.2) is 0 Å². The van der Waals surface area contributed by atoms with E-state index in [1.807, 2.05) is 0 Å². The van der Waals surface area contributed by atoms with E-state index in [9.17, 15) is 0 Å². The lowest BCUT2D eigenvalue weighted by Gasteiger charge is -2.21. The SMILES string of the molecule is CCCCCCCCCCCCCCCC(CC)CC(CC)CCCC. The number of hydrogen-bond donors (Lipinski definition) is 0. The summed E-state index contributed by atoms with van der Waals surface area (Å²) >= 11 is 0. The Hall–Kier alpha value is 0. The summed E-state index contributed by atoms with van der Waals surface area (Å²) in [6.45, 7) is 9.45. The highest BCUT2D eigenvalue weighted by atomic mass is 14.2. The summed E-state index contributed by atoms with van der Waals surface area (Å²) in [5.41, 5.74) is 0. The lowest BCUT2D eigenvalue weighted by atomic mass is 9.84. The largest absolute Gasteiger partial charge is 0.0654 e. The van der Waals surface area contributed by atoms with Crippen LogP contribution in [0.15, 0.2) is 0 Å². The van der Waals surface area contributed by atoms with E-state index in [1.54, 1.807) is 0 Å². The molecule has 0 nitrogen and oxygen atoms in total. The van der Waals surface area contributed by atoms with Crippen LogP contribution in [0, 0.1) is 11.8 Å². The molecule has 2 atom stereocenters. The maximum atomic E-state index is 2.42. The predicted octanol–water partition coefficient (Wildman–Crippen LogP) is 10.1. The molecule has 0 amide bonds. The zero-order valence-electron chi connectivity index (χ0n) is 19.3. The first kappa shape index (κ1) is 26.0. The molecule has 0 aromatic carbocycles. The second-order valence-corrected chi connectivity index (χ2v) is 8.96. The third-order valence-electron chi connectivity index (χ3n) is 6.50. The Morgan fingerprint density at radius 3 is 1.12 bits per heavy atom. The Morgan fingerprint density at radius 2 is 0.731 bits per heavy atom. The molecule has 0 radical (unpaired) electrons. The van der Waals surface area contributed by atoms with E-state index in [1.165, 1.54) is 128 Å². The number of hydrogen-bond acceptors (Lipinski definition) is 0. The van der Waals surface area contributed by atoms with Crippen molar-refractivity contribution in [2.75, 3.05) is 0 Å². The molecular weight excluding hydrogens is 312 g/mol. The Morgan fingerprint density at radius 1 is 0.385 bits per heavy atom. The van der Waals surface area contributed by atoms with Gasteiger partial charge >= 0.3 is 0 Å². The van der Waals surface area contributed by atoms with Crippen LogP contribution in [0.2, 0.25) is 0 Å². The molecule has 0 saturated heterocycles. The van der Waals surface area contributed by atoms with Crippen LogP contribution in [0.1, 0.15) is 156 Å². The molecule has 0 aromatic heterocycles. The molecule has 0 fully saturated rings. The summed E-state index contributed by atoms with van der Waals surface area (Å²) in [6, 6.07) is 0. The van der Waals surface area contributed by atoms with Crippen LogP contribution in [0.4, 0.5) is 0 Å². The lowest BCUT2D eigenvalue weighted by molar-refractivity contribution is 0.309. The summed E-state index contributed by atoms with van der Waals surface area (Å²) in [7, 11) is 0. The fourth-order valence-corrected chi connectivity index (χ4v) is 4.39. The van der Waals surface area contributed by atoms with Crippen LogP contribution in [0.5, 0.6) is 0 Å². The second kappa shape index (κ2) is 21.3. The fraction of sp³-hybridized carbons (Fsp3) is 1.00. The minimum atomic E-state index is 1.00. The Balaban J connectivity index is 3.43. The molecular formula is C26H54. The third-order valence-corrected chi connectivity index (χ3v) is 6.50. The molecule has 0 bridgehead atoms. The average Bonchev–Trinajstić information content (AvgIpc) is 2.67. The van der Waals surface area contributed by atoms with Gasteiger partial charge in [-0.2, -0.15) is 0 Å². The van der Waals surface area contributed by atoms with E-state index in [2.05, 4.69) is 27.7 Å². The van der Waals surface area contributed by atoms with E-state index in [-0.39, 0.29) is 0 Å². The van der Waals surface area contributed by atoms with Gasteiger partial charge in [-0.15, -0.1) is 0 Å². The van der Waals surface area contributed by atoms with Gasteiger partial charge in [-0.3, -0.25) is 0 Å². The Kier molecular flexibility index (Phi) is 21.3. The van der Waals surface area contributed by atoms with Gasteiger partial charge in [-0.1, -0.05) is 150 Å². The summed E-state index contributed by atoms with van der Waals surface area (Å²) in [5, 5.41) is 0. The number of unbranched alkanes of at least 4 members (excludes halogenated alkanes) is 13. The van der Waals surface area contributed by atoms with Crippen LogP contribution in [-0.4, -0.2) is 0 Å². The molecule has 158 valence electrons. The highest BCUT2D eigenvalue weighted by Gasteiger charge is 2.13. The van der Waals surface area contributed by atoms with Crippen LogP contribution in [0.3, 0.4) is 0 Å². The maximum Gasteiger partial charge on any atom is -0.0414 e. The lowest BCUT2D eigenvalue weighted by Crippen LogP contribution is -2.08. The van der Waals surface area contributed by atoms with Crippen molar-refractivity contribution in [3.63, 3.8) is 0 Å². The van der Waals surface area contributed by atoms with Gasteiger partial charge in [-0.25, -0.2) is 0 Å². The first-order chi connectivity index (χ1) is 12.8. The van der Waals surface area contributed by atoms with E-state index in [0.29, 0.717) is 0 Å². The zero-order valence-corrected chi connectivity index (χ0v) is 19.3. The zero-order chi connectivity index (χ0) is 19.3. The van der Waals surface area contributed by atoms with Crippen LogP contribution in [-0.2, 0) is 0 Å². The quantitative estimate of drug-likeness (QED) is 0.177. The monoisotopic (exact) mass is 366 g/mol. The number of rotatable bonds is 21. The van der Waals surface area contributed by atoms with E-state index >= 15 is 0 Å². The molecule has 0 rings (SSSR count). The Labute approximate surface area is 168 Å². The second-order valence-electron chi connectivity index (χ2n) is 8.96. The van der Waals surface area contributed by atoms with Crippen LogP contribution < -0.4 is 0 Å². The van der Waals surface area contributed by atoms with Crippen molar-refractivity contribution in [1.82, 2.24) is 0 Å². The fourth-order valence-electron chi connectivity index (χ4n) is 4.39. The van der Waals surface area contributed by atoms with Gasteiger partial charge in [0.1, 0.15) is 0 Å². The standard InChI is InChI=1S/C26H54/c1-5-9-11-12-13-14-15-16-17-18-19-20-21-23-26(8-4)24-25(7-3)22-10-6-2/h25-26H,5-24H2,1-4H3. The highest BCUT2D eigenvalue weighted by Crippen LogP contribution is 2.27. The molecule has 26 heavy (non-hydrogen) atoms. The van der Waals surface area contributed by atoms with Gasteiger partial charge < -0.3 is 0 Å². The van der Waals surface area contributed by atoms with E-state index in [0.717, 1.165) is 11.8 Å². The molecule has 0 aliphatic rings. The smallest absolute Gasteiger partial charge is 0.0414 e. The Bertz CT molecular complexity index is 244. The van der Waals surface area contributed by atoms with Crippen LogP contribution >= 0.6 is 0 Å². The predicted molar refractivity (Wildman–Crippen MR) is 122 cm³/mol. The van der Waals surface area contributed by atoms with Crippen molar-refractivity contribution in [3.05, 3.63) is 0 Å². The molecule has 0 aromatic rings. The van der Waals surface area contributed by atoms with E-state index in [4.69, 9.17) is 0 Å². The van der Waals surface area contributed by atoms with E-state index < -0.39 is 0 Å². The summed E-state index contributed by atoms with van der Waals surface area (Å²) in [5.74, 6) is 2.01. The van der Waals surface area contributed by atoms with Gasteiger partial charge in [0, 0.05) is 0 Å². The van der Waals surface area contributed by atoms with Gasteiger partial charge in [-0.05, 0) is 18.3 Å².